The predicted molar refractivity (Wildman–Crippen MR) is 231 cm³/mol. The maximum atomic E-state index is 13.2. The zero-order valence-corrected chi connectivity index (χ0v) is 37.0. The SMILES string of the molecule is CCN(CC)CCNOOSc1ccc(N=N/C(=C/OC=N)OCc2cc(Cl)c(NC(=O)C(N=Nc3ccc(S(=O)(=O)NCCN(CC)CC)cc3)C(C)=O)cc2Cl)cc1. The van der Waals surface area contributed by atoms with Crippen LogP contribution in [-0.2, 0) is 45.0 Å². The molecule has 0 saturated carbocycles. The summed E-state index contributed by atoms with van der Waals surface area (Å²) in [6.45, 7) is 15.0. The Labute approximate surface area is 364 Å². The number of azo groups is 2. The van der Waals surface area contributed by atoms with Crippen LogP contribution in [0.2, 0.25) is 10.0 Å². The third-order valence-electron chi connectivity index (χ3n) is 8.44. The molecule has 1 atom stereocenters. The Morgan fingerprint density at radius 3 is 2.12 bits per heavy atom. The summed E-state index contributed by atoms with van der Waals surface area (Å²) in [5.74, 6) is -1.53. The number of sulfonamides is 1. The molecule has 60 heavy (non-hydrogen) atoms. The van der Waals surface area contributed by atoms with E-state index in [0.29, 0.717) is 30.7 Å². The van der Waals surface area contributed by atoms with Crippen LogP contribution in [-0.4, -0.2) is 94.7 Å². The number of hydroxylamine groups is 1. The molecule has 3 rings (SSSR count). The molecular formula is C38H50Cl2N10O8S2. The lowest BCUT2D eigenvalue weighted by Gasteiger charge is -2.18. The normalized spacial score (nSPS) is 12.7. The van der Waals surface area contributed by atoms with Crippen molar-refractivity contribution in [1.82, 2.24) is 20.0 Å². The maximum absolute atomic E-state index is 13.2. The van der Waals surface area contributed by atoms with E-state index in [4.69, 9.17) is 47.4 Å². The van der Waals surface area contributed by atoms with Crippen LogP contribution in [0.3, 0.4) is 0 Å². The summed E-state index contributed by atoms with van der Waals surface area (Å²) < 4.78 is 43.8. The van der Waals surface area contributed by atoms with Gasteiger partial charge in [0, 0.05) is 41.7 Å². The van der Waals surface area contributed by atoms with Gasteiger partial charge in [-0.3, -0.25) is 15.0 Å². The van der Waals surface area contributed by atoms with Crippen molar-refractivity contribution >= 4 is 80.4 Å². The minimum Gasteiger partial charge on any atom is -0.469 e. The van der Waals surface area contributed by atoms with Crippen LogP contribution >= 0.6 is 35.2 Å². The molecule has 0 fully saturated rings. The number of carbonyl (C=O) groups is 2. The van der Waals surface area contributed by atoms with Crippen molar-refractivity contribution in [2.75, 3.05) is 57.7 Å². The summed E-state index contributed by atoms with van der Waals surface area (Å²) in [6, 6.07) is 13.7. The smallest absolute Gasteiger partial charge is 0.269 e. The number of ether oxygens (including phenoxy) is 2. The van der Waals surface area contributed by atoms with Crippen molar-refractivity contribution in [3.8, 4) is 0 Å². The zero-order chi connectivity index (χ0) is 43.9. The maximum Gasteiger partial charge on any atom is 0.269 e. The van der Waals surface area contributed by atoms with Gasteiger partial charge < -0.3 is 24.6 Å². The van der Waals surface area contributed by atoms with E-state index in [-0.39, 0.29) is 45.4 Å². The van der Waals surface area contributed by atoms with Crippen LogP contribution in [0, 0.1) is 5.41 Å². The Balaban J connectivity index is 1.57. The van der Waals surface area contributed by atoms with Crippen molar-refractivity contribution in [2.24, 2.45) is 20.5 Å². The summed E-state index contributed by atoms with van der Waals surface area (Å²) in [6.07, 6.45) is 1.75. The van der Waals surface area contributed by atoms with Crippen molar-refractivity contribution in [2.45, 2.75) is 57.1 Å². The van der Waals surface area contributed by atoms with E-state index < -0.39 is 27.8 Å². The number of hydrogen-bond donors (Lipinski definition) is 4. The van der Waals surface area contributed by atoms with E-state index in [0.717, 1.165) is 55.9 Å². The van der Waals surface area contributed by atoms with Gasteiger partial charge in [-0.15, -0.1) is 19.6 Å². The third kappa shape index (κ3) is 17.3. The minimum atomic E-state index is -3.76. The second kappa shape index (κ2) is 26.8. The molecule has 4 N–H and O–H groups in total. The van der Waals surface area contributed by atoms with Gasteiger partial charge in [0.2, 0.25) is 16.1 Å². The summed E-state index contributed by atoms with van der Waals surface area (Å²) >= 11 is 14.0. The number of nitrogens with zero attached hydrogens (tertiary/aromatic N) is 6. The van der Waals surface area contributed by atoms with Gasteiger partial charge in [-0.05, 0) is 93.8 Å². The van der Waals surface area contributed by atoms with Crippen LogP contribution in [0.5, 0.6) is 0 Å². The molecule has 1 unspecified atom stereocenters. The highest BCUT2D eigenvalue weighted by molar-refractivity contribution is 7.94. The van der Waals surface area contributed by atoms with Gasteiger partial charge in [-0.2, -0.15) is 15.7 Å². The third-order valence-corrected chi connectivity index (χ3v) is 11.2. The highest BCUT2D eigenvalue weighted by Gasteiger charge is 2.25. The Morgan fingerprint density at radius 2 is 1.50 bits per heavy atom. The summed E-state index contributed by atoms with van der Waals surface area (Å²) in [5, 5.41) is 26.1. The number of carbonyl (C=O) groups excluding carboxylic acids is 2. The average molecular weight is 910 g/mol. The van der Waals surface area contributed by atoms with Crippen LogP contribution < -0.4 is 15.5 Å². The van der Waals surface area contributed by atoms with Crippen LogP contribution in [0.25, 0.3) is 0 Å². The van der Waals surface area contributed by atoms with E-state index >= 15 is 0 Å². The molecule has 0 heterocycles. The number of rotatable bonds is 28. The molecule has 3 aromatic rings. The van der Waals surface area contributed by atoms with Gasteiger partial charge in [0.05, 0.1) is 39.0 Å². The highest BCUT2D eigenvalue weighted by atomic mass is 35.5. The first-order valence-electron chi connectivity index (χ1n) is 18.8. The Hall–Kier alpha value is -4.35. The molecule has 0 radical (unpaired) electrons. The number of benzene rings is 3. The standard InChI is InChI=1S/C38H50Cl2N10O8S2/c1-6-49(7-2)20-18-42-57-58-59-31-14-10-29(11-15-31)45-47-36(25-55-26-41)56-24-28-22-34(40)35(23-33(28)39)44-38(52)37(27(5)51)48-46-30-12-16-32(17-13-30)60(53,54)43-19-21-50(8-3)9-4/h10-17,22-23,25-26,37,41-43H,6-9,18-21,24H2,1-5H3,(H,44,52)/b36-25-,41-26?,47-45?,48-46?. The predicted octanol–water partition coefficient (Wildman–Crippen LogP) is 7.82. The molecular weight excluding hydrogens is 860 g/mol. The van der Waals surface area contributed by atoms with E-state index in [1.165, 1.54) is 43.3 Å². The second-order valence-electron chi connectivity index (χ2n) is 12.4. The minimum absolute atomic E-state index is 0.0305. The number of amides is 1. The van der Waals surface area contributed by atoms with Crippen LogP contribution in [0.4, 0.5) is 17.1 Å². The van der Waals surface area contributed by atoms with E-state index in [1.54, 1.807) is 24.3 Å². The van der Waals surface area contributed by atoms with Crippen molar-refractivity contribution in [1.29, 1.82) is 5.41 Å². The number of hydrogen-bond acceptors (Lipinski definition) is 17. The summed E-state index contributed by atoms with van der Waals surface area (Å²) in [4.78, 5) is 35.7. The lowest BCUT2D eigenvalue weighted by atomic mass is 10.1. The second-order valence-corrected chi connectivity index (χ2v) is 15.8. The molecule has 0 aliphatic carbocycles. The van der Waals surface area contributed by atoms with E-state index in [2.05, 4.69) is 59.6 Å². The Bertz CT molecular complexity index is 2040. The first kappa shape index (κ1) is 50.0. The lowest BCUT2D eigenvalue weighted by Crippen LogP contribution is -2.34. The molecule has 3 aromatic carbocycles. The number of nitrogens with one attached hydrogen (secondary N) is 4. The van der Waals surface area contributed by atoms with Gasteiger partial charge in [0.1, 0.15) is 6.61 Å². The fourth-order valence-electron chi connectivity index (χ4n) is 4.96. The quantitative estimate of drug-likeness (QED) is 0.00631. The average Bonchev–Trinajstić information content (AvgIpc) is 3.24. The molecule has 22 heteroatoms. The van der Waals surface area contributed by atoms with E-state index in [1.807, 2.05) is 13.8 Å². The van der Waals surface area contributed by atoms with Crippen molar-refractivity contribution < 1.29 is 36.8 Å². The van der Waals surface area contributed by atoms with Crippen LogP contribution in [0.15, 0.2) is 103 Å². The molecule has 0 bridgehead atoms. The molecule has 18 nitrogen and oxygen atoms in total. The van der Waals surface area contributed by atoms with Crippen molar-refractivity contribution in [3.05, 3.63) is 88.4 Å². The molecule has 0 aliphatic rings. The monoisotopic (exact) mass is 908 g/mol. The number of likely N-dealkylation sites (N-methyl/N-ethyl adjacent to an activating group) is 2. The topological polar surface area (TPSA) is 221 Å². The lowest BCUT2D eigenvalue weighted by molar-refractivity contribution is -0.244. The Kier molecular flexibility index (Phi) is 22.3. The van der Waals surface area contributed by atoms with Crippen molar-refractivity contribution in [3.63, 3.8) is 0 Å². The van der Waals surface area contributed by atoms with Gasteiger partial charge in [0.15, 0.2) is 18.4 Å². The van der Waals surface area contributed by atoms with Crippen LogP contribution in [0.1, 0.15) is 40.2 Å². The fraction of sp³-hybridized carbons (Fsp3) is 0.395. The highest BCUT2D eigenvalue weighted by Crippen LogP contribution is 2.31. The van der Waals surface area contributed by atoms with Gasteiger partial charge in [0.25, 0.3) is 11.8 Å². The fourth-order valence-corrected chi connectivity index (χ4v) is 6.84. The first-order chi connectivity index (χ1) is 28.8. The van der Waals surface area contributed by atoms with E-state index in [9.17, 15) is 18.0 Å². The van der Waals surface area contributed by atoms with Gasteiger partial charge in [-0.25, -0.2) is 13.1 Å². The number of anilines is 1. The first-order valence-corrected chi connectivity index (χ1v) is 21.8. The largest absolute Gasteiger partial charge is 0.469 e. The number of Topliss-reactive ketones (excluding diaryl/α,β-unsaturated/α-hetero) is 1. The summed E-state index contributed by atoms with van der Waals surface area (Å²) in [5.41, 5.74) is 3.94. The number of ketones is 1. The number of halogens is 2. The molecule has 326 valence electrons. The molecule has 1 amide bonds. The molecule has 0 spiro atoms. The molecule has 0 aromatic heterocycles. The van der Waals surface area contributed by atoms with Gasteiger partial charge in [-0.1, -0.05) is 50.9 Å². The summed E-state index contributed by atoms with van der Waals surface area (Å²) in [7, 11) is -3.76. The van der Waals surface area contributed by atoms with Gasteiger partial charge >= 0.3 is 0 Å². The molecule has 0 aliphatic heterocycles. The Morgan fingerprint density at radius 1 is 0.883 bits per heavy atom. The zero-order valence-electron chi connectivity index (χ0n) is 33.9. The molecule has 0 saturated heterocycles.